The normalized spacial score (nSPS) is 11.2. The number of carbonyl (C=O) groups excluding carboxylic acids is 1. The lowest BCUT2D eigenvalue weighted by atomic mass is 9.83. The van der Waals surface area contributed by atoms with Crippen molar-refractivity contribution >= 4 is 27.8 Å². The Balaban J connectivity index is 0.000000211. The molecule has 0 bridgehead atoms. The SMILES string of the molecule is Cc1c(C)c(C)c2c(C)c(CO)c(C)c(C)c2c1C.Cc1c(C)c(C)c2c(C=O)c(C)c(C)c(C)c2c1C. The largest absolute Gasteiger partial charge is 0.392 e. The van der Waals surface area contributed by atoms with Crippen LogP contribution in [0.25, 0.3) is 21.5 Å². The molecule has 0 saturated carbocycles. The van der Waals surface area contributed by atoms with Crippen molar-refractivity contribution in [1.29, 1.82) is 0 Å². The molecule has 0 aromatic heterocycles. The van der Waals surface area contributed by atoms with E-state index in [0.717, 1.165) is 28.4 Å². The Morgan fingerprint density at radius 1 is 0.395 bits per heavy atom. The number of carbonyl (C=O) groups is 1. The molecule has 202 valence electrons. The van der Waals surface area contributed by atoms with Crippen LogP contribution in [0.3, 0.4) is 0 Å². The molecule has 4 aromatic carbocycles. The first-order valence-corrected chi connectivity index (χ1v) is 13.7. The summed E-state index contributed by atoms with van der Waals surface area (Å²) in [7, 11) is 0. The number of aliphatic hydroxyl groups excluding tert-OH is 1. The third-order valence-corrected chi connectivity index (χ3v) is 10.0. The minimum absolute atomic E-state index is 0.125. The molecule has 0 heterocycles. The molecule has 0 aliphatic rings. The van der Waals surface area contributed by atoms with Gasteiger partial charge in [-0.15, -0.1) is 0 Å². The zero-order valence-electron chi connectivity index (χ0n) is 26.1. The maximum atomic E-state index is 11.6. The molecule has 0 fully saturated rings. The molecule has 0 amide bonds. The van der Waals surface area contributed by atoms with Crippen molar-refractivity contribution in [3.8, 4) is 0 Å². The van der Waals surface area contributed by atoms with E-state index in [4.69, 9.17) is 0 Å². The molecule has 0 spiro atoms. The summed E-state index contributed by atoms with van der Waals surface area (Å²) in [5.41, 5.74) is 20.1. The lowest BCUT2D eigenvalue weighted by Gasteiger charge is -2.22. The molecular weight excluding hydrogens is 464 g/mol. The van der Waals surface area contributed by atoms with Crippen molar-refractivity contribution in [1.82, 2.24) is 0 Å². The Morgan fingerprint density at radius 3 is 1.05 bits per heavy atom. The van der Waals surface area contributed by atoms with Gasteiger partial charge in [-0.05, 0) is 202 Å². The predicted molar refractivity (Wildman–Crippen MR) is 166 cm³/mol. The van der Waals surface area contributed by atoms with E-state index in [1.54, 1.807) is 0 Å². The maximum absolute atomic E-state index is 11.6. The molecule has 1 N–H and O–H groups in total. The Kier molecular flexibility index (Phi) is 8.29. The summed E-state index contributed by atoms with van der Waals surface area (Å²) in [6.07, 6.45) is 1.02. The summed E-state index contributed by atoms with van der Waals surface area (Å²) >= 11 is 0. The van der Waals surface area contributed by atoms with E-state index in [1.165, 1.54) is 88.5 Å². The van der Waals surface area contributed by atoms with Crippen molar-refractivity contribution in [2.24, 2.45) is 0 Å². The van der Waals surface area contributed by atoms with Gasteiger partial charge in [-0.25, -0.2) is 0 Å². The van der Waals surface area contributed by atoms with Crippen LogP contribution in [0.1, 0.15) is 93.8 Å². The molecule has 0 radical (unpaired) electrons. The average molecular weight is 511 g/mol. The van der Waals surface area contributed by atoms with Gasteiger partial charge in [0.1, 0.15) is 0 Å². The van der Waals surface area contributed by atoms with Gasteiger partial charge in [-0.2, -0.15) is 0 Å². The molecule has 4 aromatic rings. The second-order valence-corrected chi connectivity index (χ2v) is 11.4. The first-order valence-electron chi connectivity index (χ1n) is 13.7. The Morgan fingerprint density at radius 2 is 0.684 bits per heavy atom. The molecule has 2 heteroatoms. The minimum atomic E-state index is 0.125. The fourth-order valence-corrected chi connectivity index (χ4v) is 6.46. The number of aldehydes is 1. The lowest BCUT2D eigenvalue weighted by molar-refractivity contribution is 0.112. The van der Waals surface area contributed by atoms with Crippen LogP contribution in [0.5, 0.6) is 0 Å². The van der Waals surface area contributed by atoms with Gasteiger partial charge >= 0.3 is 0 Å². The number of fused-ring (bicyclic) bond motifs is 2. The second kappa shape index (κ2) is 10.7. The zero-order valence-corrected chi connectivity index (χ0v) is 26.1. The van der Waals surface area contributed by atoms with Gasteiger partial charge in [-0.1, -0.05) is 0 Å². The predicted octanol–water partition coefficient (Wildman–Crippen LogP) is 9.30. The van der Waals surface area contributed by atoms with E-state index >= 15 is 0 Å². The van der Waals surface area contributed by atoms with E-state index in [9.17, 15) is 9.90 Å². The summed E-state index contributed by atoms with van der Waals surface area (Å²) in [5, 5.41) is 14.8. The van der Waals surface area contributed by atoms with Gasteiger partial charge in [0.05, 0.1) is 6.61 Å². The highest BCUT2D eigenvalue weighted by Gasteiger charge is 2.19. The molecule has 0 aliphatic heterocycles. The monoisotopic (exact) mass is 510 g/mol. The Labute approximate surface area is 230 Å². The molecular formula is C36H46O2. The number of aryl methyl sites for hydroxylation is 7. The fourth-order valence-electron chi connectivity index (χ4n) is 6.46. The Bertz CT molecular complexity index is 1620. The van der Waals surface area contributed by atoms with Crippen LogP contribution in [-0.2, 0) is 6.61 Å². The molecule has 0 unspecified atom stereocenters. The highest BCUT2D eigenvalue weighted by molar-refractivity contribution is 6.06. The molecule has 4 rings (SSSR count). The van der Waals surface area contributed by atoms with Gasteiger partial charge < -0.3 is 5.11 Å². The van der Waals surface area contributed by atoms with E-state index in [1.807, 2.05) is 0 Å². The smallest absolute Gasteiger partial charge is 0.150 e. The summed E-state index contributed by atoms with van der Waals surface area (Å²) < 4.78 is 0. The van der Waals surface area contributed by atoms with E-state index in [2.05, 4.69) is 96.9 Å². The molecule has 2 nitrogen and oxygen atoms in total. The van der Waals surface area contributed by atoms with Crippen molar-refractivity contribution < 1.29 is 9.90 Å². The first kappa shape index (κ1) is 29.6. The van der Waals surface area contributed by atoms with Crippen LogP contribution < -0.4 is 0 Å². The van der Waals surface area contributed by atoms with Crippen LogP contribution in [0.4, 0.5) is 0 Å². The van der Waals surface area contributed by atoms with E-state index in [-0.39, 0.29) is 6.61 Å². The van der Waals surface area contributed by atoms with E-state index in [0.29, 0.717) is 0 Å². The van der Waals surface area contributed by atoms with Crippen molar-refractivity contribution in [3.05, 3.63) is 89.0 Å². The van der Waals surface area contributed by atoms with Crippen molar-refractivity contribution in [2.45, 2.75) is 104 Å². The van der Waals surface area contributed by atoms with Crippen molar-refractivity contribution in [2.75, 3.05) is 0 Å². The molecule has 0 atom stereocenters. The number of hydrogen-bond donors (Lipinski definition) is 1. The van der Waals surface area contributed by atoms with Crippen molar-refractivity contribution in [3.63, 3.8) is 0 Å². The van der Waals surface area contributed by atoms with Crippen LogP contribution in [0.2, 0.25) is 0 Å². The van der Waals surface area contributed by atoms with Gasteiger partial charge in [0.15, 0.2) is 6.29 Å². The summed E-state index contributed by atoms with van der Waals surface area (Å²) in [6, 6.07) is 0. The summed E-state index contributed by atoms with van der Waals surface area (Å²) in [5.74, 6) is 0. The van der Waals surface area contributed by atoms with Crippen LogP contribution >= 0.6 is 0 Å². The van der Waals surface area contributed by atoms with Crippen LogP contribution in [0, 0.1) is 96.9 Å². The fraction of sp³-hybridized carbons (Fsp3) is 0.417. The van der Waals surface area contributed by atoms with Gasteiger partial charge in [0.25, 0.3) is 0 Å². The minimum Gasteiger partial charge on any atom is -0.392 e. The number of aliphatic hydroxyl groups is 1. The number of rotatable bonds is 2. The molecule has 0 saturated heterocycles. The van der Waals surface area contributed by atoms with Gasteiger partial charge in [0.2, 0.25) is 0 Å². The first-order chi connectivity index (χ1) is 17.6. The average Bonchev–Trinajstić information content (AvgIpc) is 2.89. The number of hydrogen-bond acceptors (Lipinski definition) is 2. The summed E-state index contributed by atoms with van der Waals surface area (Å²) in [6.45, 7) is 30.3. The standard InChI is InChI=1S/C18H22O.C18H24O/c1-9-10(2)15(7)18-16(8-19)12(4)11(3)14(6)17(18)13(9)5;1-9-10(2)13(5)18-15(7)16(8-19)11(3)14(6)17(18)12(9)4/h8H,1-7H3;19H,8H2,1-7H3. The maximum Gasteiger partial charge on any atom is 0.150 e. The zero-order chi connectivity index (χ0) is 29.0. The second-order valence-electron chi connectivity index (χ2n) is 11.4. The van der Waals surface area contributed by atoms with Gasteiger partial charge in [-0.3, -0.25) is 4.79 Å². The third-order valence-electron chi connectivity index (χ3n) is 10.0. The van der Waals surface area contributed by atoms with E-state index < -0.39 is 0 Å². The third kappa shape index (κ3) is 4.28. The quantitative estimate of drug-likeness (QED) is 0.273. The van der Waals surface area contributed by atoms with Crippen LogP contribution in [0.15, 0.2) is 0 Å². The Hall–Kier alpha value is -2.97. The topological polar surface area (TPSA) is 37.3 Å². The highest BCUT2D eigenvalue weighted by Crippen LogP contribution is 2.38. The lowest BCUT2D eigenvalue weighted by Crippen LogP contribution is -2.03. The number of benzene rings is 4. The molecule has 38 heavy (non-hydrogen) atoms. The van der Waals surface area contributed by atoms with Gasteiger partial charge in [0, 0.05) is 5.56 Å². The van der Waals surface area contributed by atoms with Crippen LogP contribution in [-0.4, -0.2) is 11.4 Å². The highest BCUT2D eigenvalue weighted by atomic mass is 16.3. The molecule has 0 aliphatic carbocycles. The summed E-state index contributed by atoms with van der Waals surface area (Å²) in [4.78, 5) is 11.6.